The molecule has 6 heteroatoms. The molecule has 0 aliphatic heterocycles. The smallest absolute Gasteiger partial charge is 0.161 e. The number of hydrogen-bond acceptors (Lipinski definition) is 6. The first kappa shape index (κ1) is 17.1. The minimum atomic E-state index is -1.04. The van der Waals surface area contributed by atoms with Crippen LogP contribution in [-0.4, -0.2) is 48.7 Å². The topological polar surface area (TPSA) is 93.1 Å². The van der Waals surface area contributed by atoms with Crippen LogP contribution < -0.4 is 9.47 Å². The Bertz CT molecular complexity index is 459. The lowest BCUT2D eigenvalue weighted by atomic mass is 10.1. The van der Waals surface area contributed by atoms with Crippen LogP contribution in [0.25, 0.3) is 0 Å². The number of rotatable bonds is 10. The number of aliphatic hydroxyl groups excluding tert-OH is 2. The molecule has 2 atom stereocenters. The van der Waals surface area contributed by atoms with Crippen molar-refractivity contribution in [3.05, 3.63) is 23.8 Å². The van der Waals surface area contributed by atoms with Gasteiger partial charge in [-0.3, -0.25) is 4.79 Å². The largest absolute Gasteiger partial charge is 0.493 e. The van der Waals surface area contributed by atoms with Crippen LogP contribution in [0.1, 0.15) is 29.6 Å². The molecule has 0 aliphatic rings. The Balaban J connectivity index is 2.42. The van der Waals surface area contributed by atoms with Crippen LogP contribution in [0.3, 0.4) is 0 Å². The van der Waals surface area contributed by atoms with Gasteiger partial charge in [0.15, 0.2) is 11.5 Å². The van der Waals surface area contributed by atoms with Gasteiger partial charge in [0.05, 0.1) is 25.9 Å². The second-order valence-corrected chi connectivity index (χ2v) is 4.56. The van der Waals surface area contributed by atoms with Gasteiger partial charge in [0.25, 0.3) is 0 Å². The van der Waals surface area contributed by atoms with Crippen LogP contribution in [0.4, 0.5) is 0 Å². The molecule has 1 aromatic rings. The summed E-state index contributed by atoms with van der Waals surface area (Å²) in [5, 5.41) is 19.0. The van der Waals surface area contributed by atoms with E-state index in [9.17, 15) is 19.8 Å². The highest BCUT2D eigenvalue weighted by Gasteiger charge is 2.15. The third kappa shape index (κ3) is 5.53. The van der Waals surface area contributed by atoms with Crippen LogP contribution in [0.2, 0.25) is 0 Å². The van der Waals surface area contributed by atoms with Gasteiger partial charge in [-0.1, -0.05) is 0 Å². The van der Waals surface area contributed by atoms with Crippen molar-refractivity contribution >= 4 is 12.6 Å². The SMILES string of the molecule is COc1cc(C=O)ccc1OCCCC(O)C(O)CC=O. The lowest BCUT2D eigenvalue weighted by molar-refractivity contribution is -0.111. The van der Waals surface area contributed by atoms with Gasteiger partial charge in [0.1, 0.15) is 12.6 Å². The maximum atomic E-state index is 10.7. The van der Waals surface area contributed by atoms with Crippen molar-refractivity contribution in [2.45, 2.75) is 31.5 Å². The lowest BCUT2D eigenvalue weighted by Gasteiger charge is -2.16. The van der Waals surface area contributed by atoms with Crippen molar-refractivity contribution in [1.82, 2.24) is 0 Å². The molecular formula is C15H20O6. The molecule has 0 saturated heterocycles. The van der Waals surface area contributed by atoms with Gasteiger partial charge in [0, 0.05) is 12.0 Å². The number of methoxy groups -OCH3 is 1. The molecule has 0 heterocycles. The summed E-state index contributed by atoms with van der Waals surface area (Å²) in [4.78, 5) is 20.9. The van der Waals surface area contributed by atoms with Gasteiger partial charge in [-0.05, 0) is 31.0 Å². The van der Waals surface area contributed by atoms with E-state index in [1.165, 1.54) is 7.11 Å². The van der Waals surface area contributed by atoms with Crippen LogP contribution in [0.15, 0.2) is 18.2 Å². The second kappa shape index (κ2) is 9.10. The van der Waals surface area contributed by atoms with E-state index in [2.05, 4.69) is 0 Å². The van der Waals surface area contributed by atoms with E-state index in [4.69, 9.17) is 9.47 Å². The summed E-state index contributed by atoms with van der Waals surface area (Å²) in [5.41, 5.74) is 0.492. The zero-order valence-electron chi connectivity index (χ0n) is 11.9. The molecule has 2 unspecified atom stereocenters. The van der Waals surface area contributed by atoms with Gasteiger partial charge in [-0.25, -0.2) is 0 Å². The molecule has 116 valence electrons. The van der Waals surface area contributed by atoms with Gasteiger partial charge >= 0.3 is 0 Å². The maximum Gasteiger partial charge on any atom is 0.161 e. The summed E-state index contributed by atoms with van der Waals surface area (Å²) < 4.78 is 10.6. The number of carbonyl (C=O) groups excluding carboxylic acids is 2. The quantitative estimate of drug-likeness (QED) is 0.494. The number of benzene rings is 1. The standard InChI is InChI=1S/C15H20O6/c1-20-15-9-11(10-17)4-5-14(15)21-8-2-3-12(18)13(19)6-7-16/h4-5,7,9-10,12-13,18-19H,2-3,6,8H2,1H3. The zero-order valence-corrected chi connectivity index (χ0v) is 11.9. The minimum Gasteiger partial charge on any atom is -0.493 e. The van der Waals surface area contributed by atoms with Crippen LogP contribution in [0, 0.1) is 0 Å². The molecule has 0 radical (unpaired) electrons. The molecule has 6 nitrogen and oxygen atoms in total. The van der Waals surface area contributed by atoms with Gasteiger partial charge < -0.3 is 24.5 Å². The fourth-order valence-electron chi connectivity index (χ4n) is 1.80. The van der Waals surface area contributed by atoms with Gasteiger partial charge in [-0.2, -0.15) is 0 Å². The zero-order chi connectivity index (χ0) is 15.7. The number of hydrogen-bond donors (Lipinski definition) is 2. The predicted molar refractivity (Wildman–Crippen MR) is 75.8 cm³/mol. The predicted octanol–water partition coefficient (Wildman–Crippen LogP) is 0.977. The number of aldehydes is 2. The Kier molecular flexibility index (Phi) is 7.42. The van der Waals surface area contributed by atoms with Gasteiger partial charge in [-0.15, -0.1) is 0 Å². The van der Waals surface area contributed by atoms with E-state index < -0.39 is 12.2 Å². The van der Waals surface area contributed by atoms with Crippen LogP contribution >= 0.6 is 0 Å². The molecule has 1 rings (SSSR count). The van der Waals surface area contributed by atoms with Crippen molar-refractivity contribution < 1.29 is 29.3 Å². The Morgan fingerprint density at radius 2 is 1.95 bits per heavy atom. The van der Waals surface area contributed by atoms with E-state index in [0.717, 1.165) is 6.29 Å². The van der Waals surface area contributed by atoms with Crippen molar-refractivity contribution in [3.63, 3.8) is 0 Å². The fourth-order valence-corrected chi connectivity index (χ4v) is 1.80. The first-order chi connectivity index (χ1) is 10.1. The number of aliphatic hydroxyl groups is 2. The third-order valence-electron chi connectivity index (χ3n) is 3.01. The Morgan fingerprint density at radius 1 is 1.19 bits per heavy atom. The molecule has 0 amide bonds. The lowest BCUT2D eigenvalue weighted by Crippen LogP contribution is -2.26. The summed E-state index contributed by atoms with van der Waals surface area (Å²) in [5.74, 6) is 0.965. The van der Waals surface area contributed by atoms with E-state index in [1.54, 1.807) is 18.2 Å². The Morgan fingerprint density at radius 3 is 2.57 bits per heavy atom. The maximum absolute atomic E-state index is 10.7. The minimum absolute atomic E-state index is 0.0804. The van der Waals surface area contributed by atoms with E-state index >= 15 is 0 Å². The van der Waals surface area contributed by atoms with Crippen LogP contribution in [-0.2, 0) is 4.79 Å². The molecular weight excluding hydrogens is 276 g/mol. The monoisotopic (exact) mass is 296 g/mol. The normalized spacial score (nSPS) is 13.3. The van der Waals surface area contributed by atoms with Crippen molar-refractivity contribution in [2.75, 3.05) is 13.7 Å². The number of ether oxygens (including phenoxy) is 2. The molecule has 0 bridgehead atoms. The highest BCUT2D eigenvalue weighted by molar-refractivity contribution is 5.76. The van der Waals surface area contributed by atoms with Crippen molar-refractivity contribution in [1.29, 1.82) is 0 Å². The average molecular weight is 296 g/mol. The van der Waals surface area contributed by atoms with E-state index in [0.29, 0.717) is 42.8 Å². The summed E-state index contributed by atoms with van der Waals surface area (Å²) in [6, 6.07) is 4.83. The third-order valence-corrected chi connectivity index (χ3v) is 3.01. The summed E-state index contributed by atoms with van der Waals surface area (Å²) in [7, 11) is 1.48. The summed E-state index contributed by atoms with van der Waals surface area (Å²) in [6.45, 7) is 0.321. The molecule has 0 aromatic heterocycles. The Hall–Kier alpha value is -1.92. The first-order valence-corrected chi connectivity index (χ1v) is 6.68. The summed E-state index contributed by atoms with van der Waals surface area (Å²) in [6.07, 6.45) is 0.0608. The Labute approximate surface area is 123 Å². The number of carbonyl (C=O) groups is 2. The highest BCUT2D eigenvalue weighted by Crippen LogP contribution is 2.27. The molecule has 2 N–H and O–H groups in total. The molecule has 21 heavy (non-hydrogen) atoms. The summed E-state index contributed by atoms with van der Waals surface area (Å²) >= 11 is 0. The molecule has 0 fully saturated rings. The van der Waals surface area contributed by atoms with Crippen molar-refractivity contribution in [3.8, 4) is 11.5 Å². The first-order valence-electron chi connectivity index (χ1n) is 6.68. The molecule has 0 saturated carbocycles. The van der Waals surface area contributed by atoms with Gasteiger partial charge in [0.2, 0.25) is 0 Å². The van der Waals surface area contributed by atoms with Crippen LogP contribution in [0.5, 0.6) is 11.5 Å². The molecule has 0 aliphatic carbocycles. The molecule has 1 aromatic carbocycles. The van der Waals surface area contributed by atoms with Crippen molar-refractivity contribution in [2.24, 2.45) is 0 Å². The fraction of sp³-hybridized carbons (Fsp3) is 0.467. The molecule has 0 spiro atoms. The van der Waals surface area contributed by atoms with E-state index in [-0.39, 0.29) is 6.42 Å². The average Bonchev–Trinajstić information content (AvgIpc) is 2.51. The van der Waals surface area contributed by atoms with E-state index in [1.807, 2.05) is 0 Å². The second-order valence-electron chi connectivity index (χ2n) is 4.56. The highest BCUT2D eigenvalue weighted by atomic mass is 16.5.